The van der Waals surface area contributed by atoms with Crippen LogP contribution in [0.1, 0.15) is 29.8 Å². The first-order valence-electron chi connectivity index (χ1n) is 8.17. The Kier molecular flexibility index (Phi) is 6.54. The summed E-state index contributed by atoms with van der Waals surface area (Å²) in [6, 6.07) is 10.3. The molecule has 1 N–H and O–H groups in total. The van der Waals surface area contributed by atoms with Crippen molar-refractivity contribution in [1.82, 2.24) is 9.88 Å². The summed E-state index contributed by atoms with van der Waals surface area (Å²) in [7, 11) is 1.70. The van der Waals surface area contributed by atoms with Crippen LogP contribution < -0.4 is 9.47 Å². The first-order chi connectivity index (χ1) is 12.3. The first-order valence-corrected chi connectivity index (χ1v) is 8.17. The third-order valence-corrected chi connectivity index (χ3v) is 3.39. The second-order valence-electron chi connectivity index (χ2n) is 6.04. The molecular weight excluding hydrogens is 336 g/mol. The number of nitrogens with zero attached hydrogens (tertiary/aromatic N) is 2. The van der Waals surface area contributed by atoms with Gasteiger partial charge in [-0.3, -0.25) is 4.79 Å². The molecule has 7 nitrogen and oxygen atoms in total. The first kappa shape index (κ1) is 19.2. The number of carbonyl (C=O) groups is 2. The third-order valence-electron chi connectivity index (χ3n) is 3.39. The number of carbonyl (C=O) groups excluding carboxylic acids is 1. The molecule has 138 valence electrons. The van der Waals surface area contributed by atoms with E-state index in [1.807, 2.05) is 13.8 Å². The van der Waals surface area contributed by atoms with Gasteiger partial charge in [-0.25, -0.2) is 9.78 Å². The molecule has 0 saturated heterocycles. The van der Waals surface area contributed by atoms with Crippen molar-refractivity contribution in [3.05, 3.63) is 53.7 Å². The van der Waals surface area contributed by atoms with Crippen molar-refractivity contribution in [3.63, 3.8) is 0 Å². The summed E-state index contributed by atoms with van der Waals surface area (Å²) in [5.74, 6) is -0.233. The van der Waals surface area contributed by atoms with Crippen LogP contribution in [0.4, 0.5) is 0 Å². The molecule has 0 spiro atoms. The van der Waals surface area contributed by atoms with Crippen molar-refractivity contribution in [3.8, 4) is 11.6 Å². The number of hydrogen-bond acceptors (Lipinski definition) is 5. The van der Waals surface area contributed by atoms with Crippen LogP contribution in [0.15, 0.2) is 42.6 Å². The average molecular weight is 358 g/mol. The molecule has 0 aliphatic rings. The largest absolute Gasteiger partial charge is 0.482 e. The molecule has 7 heteroatoms. The van der Waals surface area contributed by atoms with Crippen LogP contribution in [0.5, 0.6) is 11.6 Å². The van der Waals surface area contributed by atoms with E-state index in [0.717, 1.165) is 5.56 Å². The highest BCUT2D eigenvalue weighted by molar-refractivity contribution is 5.93. The monoisotopic (exact) mass is 358 g/mol. The Labute approximate surface area is 152 Å². The number of rotatable bonds is 8. The van der Waals surface area contributed by atoms with Gasteiger partial charge in [0.1, 0.15) is 5.75 Å². The Morgan fingerprint density at radius 3 is 2.38 bits per heavy atom. The molecule has 0 aliphatic carbocycles. The van der Waals surface area contributed by atoms with E-state index in [1.54, 1.807) is 48.3 Å². The molecule has 0 bridgehead atoms. The van der Waals surface area contributed by atoms with Crippen LogP contribution in [0.3, 0.4) is 0 Å². The van der Waals surface area contributed by atoms with E-state index in [4.69, 9.17) is 14.6 Å². The maximum Gasteiger partial charge on any atom is 0.341 e. The minimum absolute atomic E-state index is 0.0224. The summed E-state index contributed by atoms with van der Waals surface area (Å²) in [6.45, 7) is 3.84. The van der Waals surface area contributed by atoms with Gasteiger partial charge in [0.05, 0.1) is 11.7 Å². The summed E-state index contributed by atoms with van der Waals surface area (Å²) in [6.07, 6.45) is 1.52. The highest BCUT2D eigenvalue weighted by atomic mass is 16.5. The summed E-state index contributed by atoms with van der Waals surface area (Å²) < 4.78 is 10.5. The van der Waals surface area contributed by atoms with Gasteiger partial charge < -0.3 is 19.5 Å². The van der Waals surface area contributed by atoms with E-state index < -0.39 is 5.97 Å². The van der Waals surface area contributed by atoms with Crippen LogP contribution in [0.25, 0.3) is 0 Å². The van der Waals surface area contributed by atoms with Crippen LogP contribution >= 0.6 is 0 Å². The minimum atomic E-state index is -1.03. The lowest BCUT2D eigenvalue weighted by Crippen LogP contribution is -2.26. The van der Waals surface area contributed by atoms with Gasteiger partial charge in [0.2, 0.25) is 5.88 Å². The fourth-order valence-corrected chi connectivity index (χ4v) is 2.22. The number of carboxylic acids is 1. The molecule has 2 aromatic rings. The van der Waals surface area contributed by atoms with Crippen LogP contribution in [-0.2, 0) is 11.3 Å². The van der Waals surface area contributed by atoms with Crippen LogP contribution in [-0.4, -0.2) is 46.6 Å². The van der Waals surface area contributed by atoms with Crippen molar-refractivity contribution in [2.45, 2.75) is 26.5 Å². The molecule has 0 unspecified atom stereocenters. The predicted octanol–water partition coefficient (Wildman–Crippen LogP) is 2.60. The zero-order chi connectivity index (χ0) is 19.1. The molecule has 0 fully saturated rings. The van der Waals surface area contributed by atoms with Gasteiger partial charge in [-0.15, -0.1) is 0 Å². The van der Waals surface area contributed by atoms with Gasteiger partial charge in [-0.05, 0) is 37.6 Å². The van der Waals surface area contributed by atoms with Gasteiger partial charge in [0.15, 0.2) is 6.61 Å². The maximum absolute atomic E-state index is 12.5. The Bertz CT molecular complexity index is 742. The van der Waals surface area contributed by atoms with Crippen LogP contribution in [0, 0.1) is 0 Å². The molecule has 0 saturated carbocycles. The number of hydrogen-bond donors (Lipinski definition) is 1. The van der Waals surface area contributed by atoms with Crippen molar-refractivity contribution in [1.29, 1.82) is 0 Å². The SMILES string of the molecule is CC(C)Oc1ccc(C(=O)N(C)Cc2ccc(OCC(=O)O)cc2)cn1. The molecule has 0 atom stereocenters. The van der Waals surface area contributed by atoms with E-state index in [2.05, 4.69) is 4.98 Å². The van der Waals surface area contributed by atoms with Crippen molar-refractivity contribution in [2.24, 2.45) is 0 Å². The predicted molar refractivity (Wildman–Crippen MR) is 95.4 cm³/mol. The summed E-state index contributed by atoms with van der Waals surface area (Å²) in [5, 5.41) is 8.60. The van der Waals surface area contributed by atoms with Crippen molar-refractivity contribution < 1.29 is 24.2 Å². The number of amides is 1. The second kappa shape index (κ2) is 8.84. The van der Waals surface area contributed by atoms with Gasteiger partial charge in [0.25, 0.3) is 5.91 Å². The topological polar surface area (TPSA) is 89.0 Å². The van der Waals surface area contributed by atoms with Gasteiger partial charge in [-0.2, -0.15) is 0 Å². The molecule has 2 rings (SSSR count). The second-order valence-corrected chi connectivity index (χ2v) is 6.04. The summed E-state index contributed by atoms with van der Waals surface area (Å²) >= 11 is 0. The minimum Gasteiger partial charge on any atom is -0.482 e. The maximum atomic E-state index is 12.5. The zero-order valence-corrected chi connectivity index (χ0v) is 15.0. The highest BCUT2D eigenvalue weighted by Gasteiger charge is 2.13. The Morgan fingerprint density at radius 1 is 1.15 bits per heavy atom. The summed E-state index contributed by atoms with van der Waals surface area (Å²) in [4.78, 5) is 28.7. The highest BCUT2D eigenvalue weighted by Crippen LogP contribution is 2.15. The molecule has 0 radical (unpaired) electrons. The number of pyridine rings is 1. The fraction of sp³-hybridized carbons (Fsp3) is 0.316. The normalized spacial score (nSPS) is 10.5. The van der Waals surface area contributed by atoms with E-state index in [0.29, 0.717) is 23.7 Å². The lowest BCUT2D eigenvalue weighted by Gasteiger charge is -2.18. The standard InChI is InChI=1S/C19H22N2O5/c1-13(2)26-17-9-6-15(10-20-17)19(24)21(3)11-14-4-7-16(8-5-14)25-12-18(22)23/h4-10,13H,11-12H2,1-3H3,(H,22,23). The number of benzene rings is 1. The Hall–Kier alpha value is -3.09. The van der Waals surface area contributed by atoms with Crippen molar-refractivity contribution >= 4 is 11.9 Å². The van der Waals surface area contributed by atoms with Crippen molar-refractivity contribution in [2.75, 3.05) is 13.7 Å². The van der Waals surface area contributed by atoms with E-state index in [-0.39, 0.29) is 18.6 Å². The number of ether oxygens (including phenoxy) is 2. The smallest absolute Gasteiger partial charge is 0.341 e. The lowest BCUT2D eigenvalue weighted by atomic mass is 10.2. The van der Waals surface area contributed by atoms with Gasteiger partial charge in [0, 0.05) is 25.9 Å². The Morgan fingerprint density at radius 2 is 1.85 bits per heavy atom. The molecule has 1 amide bonds. The Balaban J connectivity index is 1.94. The molecule has 1 aromatic heterocycles. The fourth-order valence-electron chi connectivity index (χ4n) is 2.22. The number of carboxylic acid groups (broad SMARTS) is 1. The van der Waals surface area contributed by atoms with E-state index >= 15 is 0 Å². The van der Waals surface area contributed by atoms with Gasteiger partial charge in [-0.1, -0.05) is 12.1 Å². The molecule has 26 heavy (non-hydrogen) atoms. The average Bonchev–Trinajstić information content (AvgIpc) is 2.60. The zero-order valence-electron chi connectivity index (χ0n) is 15.0. The van der Waals surface area contributed by atoms with Gasteiger partial charge >= 0.3 is 5.97 Å². The van der Waals surface area contributed by atoms with E-state index in [1.165, 1.54) is 6.20 Å². The quantitative estimate of drug-likeness (QED) is 0.780. The lowest BCUT2D eigenvalue weighted by molar-refractivity contribution is -0.139. The van der Waals surface area contributed by atoms with Crippen LogP contribution in [0.2, 0.25) is 0 Å². The summed E-state index contributed by atoms with van der Waals surface area (Å²) in [5.41, 5.74) is 1.38. The molecule has 0 aliphatic heterocycles. The molecular formula is C19H22N2O5. The molecule has 1 heterocycles. The number of aliphatic carboxylic acids is 1. The van der Waals surface area contributed by atoms with E-state index in [9.17, 15) is 9.59 Å². The number of aromatic nitrogens is 1. The third kappa shape index (κ3) is 5.77. The molecule has 1 aromatic carbocycles.